The van der Waals surface area contributed by atoms with Crippen LogP contribution < -0.4 is 10.1 Å². The molecule has 0 aliphatic carbocycles. The fourth-order valence-electron chi connectivity index (χ4n) is 2.89. The topological polar surface area (TPSA) is 62.1 Å². The van der Waals surface area contributed by atoms with Crippen LogP contribution in [0.5, 0.6) is 5.75 Å². The van der Waals surface area contributed by atoms with Crippen molar-refractivity contribution in [3.63, 3.8) is 0 Å². The Kier molecular flexibility index (Phi) is 6.43. The van der Waals surface area contributed by atoms with E-state index in [9.17, 15) is 10.1 Å². The van der Waals surface area contributed by atoms with Gasteiger partial charge >= 0.3 is 0 Å². The molecule has 28 heavy (non-hydrogen) atoms. The van der Waals surface area contributed by atoms with Gasteiger partial charge in [0.15, 0.2) is 0 Å². The minimum absolute atomic E-state index is 0.0283. The zero-order valence-electron chi connectivity index (χ0n) is 15.8. The van der Waals surface area contributed by atoms with Gasteiger partial charge in [-0.15, -0.1) is 0 Å². The molecule has 0 fully saturated rings. The molecule has 0 saturated heterocycles. The molecule has 3 aromatic rings. The Morgan fingerprint density at radius 3 is 2.57 bits per heavy atom. The zero-order chi connectivity index (χ0) is 19.8. The highest BCUT2D eigenvalue weighted by Crippen LogP contribution is 2.30. The maximum absolute atomic E-state index is 12.6. The van der Waals surface area contributed by atoms with Crippen LogP contribution in [0.3, 0.4) is 0 Å². The summed E-state index contributed by atoms with van der Waals surface area (Å²) in [5.41, 5.74) is 1.42. The average Bonchev–Trinajstić information content (AvgIpc) is 2.73. The third-order valence-corrected chi connectivity index (χ3v) is 4.37. The van der Waals surface area contributed by atoms with Crippen molar-refractivity contribution in [3.8, 4) is 11.8 Å². The van der Waals surface area contributed by atoms with Gasteiger partial charge in [0.1, 0.15) is 17.4 Å². The van der Waals surface area contributed by atoms with Crippen molar-refractivity contribution in [1.29, 1.82) is 5.26 Å². The second kappa shape index (κ2) is 9.38. The van der Waals surface area contributed by atoms with Gasteiger partial charge in [-0.1, -0.05) is 61.9 Å². The molecule has 0 radical (unpaired) electrons. The van der Waals surface area contributed by atoms with E-state index in [1.807, 2.05) is 60.7 Å². The second-order valence-corrected chi connectivity index (χ2v) is 6.39. The van der Waals surface area contributed by atoms with E-state index < -0.39 is 5.91 Å². The predicted octanol–water partition coefficient (Wildman–Crippen LogP) is 5.56. The van der Waals surface area contributed by atoms with Crippen LogP contribution in [0.2, 0.25) is 0 Å². The number of carbonyl (C=O) groups is 1. The Bertz CT molecular complexity index is 1030. The lowest BCUT2D eigenvalue weighted by atomic mass is 10.0. The Balaban J connectivity index is 2.00. The summed E-state index contributed by atoms with van der Waals surface area (Å²) in [6, 6.07) is 22.9. The Labute approximate surface area is 165 Å². The molecule has 3 rings (SSSR count). The minimum atomic E-state index is -0.443. The number of amides is 1. The SMILES string of the molecule is CCCCOc1ccc2ccccc2c1/C=C(/C#N)C(=O)Nc1ccccc1. The van der Waals surface area contributed by atoms with E-state index >= 15 is 0 Å². The molecule has 1 N–H and O–H groups in total. The van der Waals surface area contributed by atoms with E-state index in [-0.39, 0.29) is 5.57 Å². The van der Waals surface area contributed by atoms with Crippen LogP contribution in [0.15, 0.2) is 72.3 Å². The third kappa shape index (κ3) is 4.57. The quantitative estimate of drug-likeness (QED) is 0.336. The van der Waals surface area contributed by atoms with Gasteiger partial charge in [-0.05, 0) is 41.5 Å². The molecule has 0 bridgehead atoms. The number of nitrogens with one attached hydrogen (secondary N) is 1. The highest BCUT2D eigenvalue weighted by atomic mass is 16.5. The number of rotatable bonds is 7. The lowest BCUT2D eigenvalue weighted by molar-refractivity contribution is -0.112. The van der Waals surface area contributed by atoms with Crippen LogP contribution in [0.1, 0.15) is 25.3 Å². The first kappa shape index (κ1) is 19.2. The smallest absolute Gasteiger partial charge is 0.266 e. The van der Waals surface area contributed by atoms with E-state index in [2.05, 4.69) is 12.2 Å². The summed E-state index contributed by atoms with van der Waals surface area (Å²) in [5.74, 6) is 0.230. The first-order chi connectivity index (χ1) is 13.7. The first-order valence-corrected chi connectivity index (χ1v) is 9.35. The van der Waals surface area contributed by atoms with E-state index in [1.165, 1.54) is 0 Å². The van der Waals surface area contributed by atoms with Gasteiger partial charge in [0.2, 0.25) is 0 Å². The molecule has 3 aromatic carbocycles. The Morgan fingerprint density at radius 1 is 1.07 bits per heavy atom. The summed E-state index contributed by atoms with van der Waals surface area (Å²) in [6.07, 6.45) is 3.58. The summed E-state index contributed by atoms with van der Waals surface area (Å²) in [5, 5.41) is 14.3. The number of fused-ring (bicyclic) bond motifs is 1. The summed E-state index contributed by atoms with van der Waals surface area (Å²) in [4.78, 5) is 12.6. The number of nitrogens with zero attached hydrogens (tertiary/aromatic N) is 1. The van der Waals surface area contributed by atoms with Crippen molar-refractivity contribution in [1.82, 2.24) is 0 Å². The number of nitriles is 1. The number of unbranched alkanes of at least 4 members (excludes halogenated alkanes) is 1. The number of hydrogen-bond donors (Lipinski definition) is 1. The number of ether oxygens (including phenoxy) is 1. The fourth-order valence-corrected chi connectivity index (χ4v) is 2.89. The molecule has 0 aliphatic rings. The van der Waals surface area contributed by atoms with E-state index in [1.54, 1.807) is 18.2 Å². The maximum atomic E-state index is 12.6. The highest BCUT2D eigenvalue weighted by molar-refractivity contribution is 6.11. The number of para-hydroxylation sites is 1. The zero-order valence-corrected chi connectivity index (χ0v) is 15.8. The van der Waals surface area contributed by atoms with Crippen molar-refractivity contribution >= 4 is 28.4 Å². The molecule has 0 spiro atoms. The predicted molar refractivity (Wildman–Crippen MR) is 113 cm³/mol. The molecule has 4 nitrogen and oxygen atoms in total. The standard InChI is InChI=1S/C24H22N2O2/c1-2-3-15-28-23-14-13-18-9-7-8-12-21(18)22(23)16-19(17-25)24(27)26-20-10-5-4-6-11-20/h4-14,16H,2-3,15H2,1H3,(H,26,27)/b19-16-. The summed E-state index contributed by atoms with van der Waals surface area (Å²) in [7, 11) is 0. The van der Waals surface area contributed by atoms with Crippen molar-refractivity contribution < 1.29 is 9.53 Å². The number of benzene rings is 3. The number of hydrogen-bond acceptors (Lipinski definition) is 3. The second-order valence-electron chi connectivity index (χ2n) is 6.39. The molecule has 0 aliphatic heterocycles. The van der Waals surface area contributed by atoms with Crippen LogP contribution in [0.4, 0.5) is 5.69 Å². The van der Waals surface area contributed by atoms with E-state index in [0.717, 1.165) is 29.2 Å². The van der Waals surface area contributed by atoms with Crippen LogP contribution in [0, 0.1) is 11.3 Å². The van der Waals surface area contributed by atoms with Crippen LogP contribution >= 0.6 is 0 Å². The van der Waals surface area contributed by atoms with E-state index in [4.69, 9.17) is 4.74 Å². The van der Waals surface area contributed by atoms with Crippen molar-refractivity contribution in [2.45, 2.75) is 19.8 Å². The lowest BCUT2D eigenvalue weighted by Crippen LogP contribution is -2.13. The molecular weight excluding hydrogens is 348 g/mol. The summed E-state index contributed by atoms with van der Waals surface area (Å²) >= 11 is 0. The Hall–Kier alpha value is -3.58. The summed E-state index contributed by atoms with van der Waals surface area (Å²) < 4.78 is 5.94. The van der Waals surface area contributed by atoms with Gasteiger partial charge < -0.3 is 10.1 Å². The van der Waals surface area contributed by atoms with Gasteiger partial charge in [0.25, 0.3) is 5.91 Å². The van der Waals surface area contributed by atoms with Crippen molar-refractivity contribution in [2.75, 3.05) is 11.9 Å². The molecule has 1 amide bonds. The normalized spacial score (nSPS) is 11.1. The van der Waals surface area contributed by atoms with Crippen LogP contribution in [-0.2, 0) is 4.79 Å². The Morgan fingerprint density at radius 2 is 1.82 bits per heavy atom. The molecule has 0 heterocycles. The van der Waals surface area contributed by atoms with Crippen LogP contribution in [0.25, 0.3) is 16.8 Å². The molecular formula is C24H22N2O2. The van der Waals surface area contributed by atoms with Gasteiger partial charge in [-0.2, -0.15) is 5.26 Å². The highest BCUT2D eigenvalue weighted by Gasteiger charge is 2.13. The molecule has 0 saturated carbocycles. The molecule has 0 aromatic heterocycles. The van der Waals surface area contributed by atoms with Gasteiger partial charge in [0, 0.05) is 11.3 Å². The largest absolute Gasteiger partial charge is 0.493 e. The molecule has 0 atom stereocenters. The van der Waals surface area contributed by atoms with Crippen molar-refractivity contribution in [3.05, 3.63) is 77.9 Å². The average molecular weight is 370 g/mol. The first-order valence-electron chi connectivity index (χ1n) is 9.35. The van der Waals surface area contributed by atoms with Gasteiger partial charge in [-0.3, -0.25) is 4.79 Å². The number of anilines is 1. The van der Waals surface area contributed by atoms with Crippen molar-refractivity contribution in [2.24, 2.45) is 0 Å². The van der Waals surface area contributed by atoms with Crippen LogP contribution in [-0.4, -0.2) is 12.5 Å². The van der Waals surface area contributed by atoms with E-state index in [0.29, 0.717) is 18.0 Å². The molecule has 0 unspecified atom stereocenters. The third-order valence-electron chi connectivity index (χ3n) is 4.37. The van der Waals surface area contributed by atoms with Gasteiger partial charge in [-0.25, -0.2) is 0 Å². The monoisotopic (exact) mass is 370 g/mol. The maximum Gasteiger partial charge on any atom is 0.266 e. The number of carbonyl (C=O) groups excluding carboxylic acids is 1. The summed E-state index contributed by atoms with van der Waals surface area (Å²) in [6.45, 7) is 2.69. The lowest BCUT2D eigenvalue weighted by Gasteiger charge is -2.12. The fraction of sp³-hybridized carbons (Fsp3) is 0.167. The minimum Gasteiger partial charge on any atom is -0.493 e. The van der Waals surface area contributed by atoms with Gasteiger partial charge in [0.05, 0.1) is 6.61 Å². The molecule has 4 heteroatoms. The molecule has 140 valence electrons.